The zero-order chi connectivity index (χ0) is 93.9. The third-order valence-corrected chi connectivity index (χ3v) is 25.4. The fourth-order valence-electron chi connectivity index (χ4n) is 17.6. The van der Waals surface area contributed by atoms with E-state index in [-0.39, 0.29) is 48.3 Å². The highest BCUT2D eigenvalue weighted by Gasteiger charge is 2.38. The molecule has 6 aliphatic carbocycles. The number of fused-ring (bicyclic) bond motifs is 4. The van der Waals surface area contributed by atoms with Gasteiger partial charge >= 0.3 is 12.2 Å². The lowest BCUT2D eigenvalue weighted by molar-refractivity contribution is 0.000270. The molecule has 8 unspecified atom stereocenters. The second-order valence-electron chi connectivity index (χ2n) is 37.7. The van der Waals surface area contributed by atoms with E-state index >= 15 is 0 Å². The minimum absolute atomic E-state index is 0. The molecule has 30 nitrogen and oxygen atoms in total. The molecule has 722 valence electrons. The summed E-state index contributed by atoms with van der Waals surface area (Å²) >= 11 is 6.27. The number of aliphatic hydroxyl groups is 2. The number of nitrogens with zero attached hydrogens (tertiary/aromatic N) is 14. The quantitative estimate of drug-likeness (QED) is 0.0229. The molecular formula is C100H125ClF4N18O12. The number of methoxy groups -OCH3 is 3. The van der Waals surface area contributed by atoms with E-state index in [1.807, 2.05) is 24.5 Å². The Labute approximate surface area is 788 Å². The minimum Gasteiger partial charge on any atom is -0.477 e. The lowest BCUT2D eigenvalue weighted by Gasteiger charge is -2.30. The largest absolute Gasteiger partial charge is 0.477 e. The van der Waals surface area contributed by atoms with Crippen molar-refractivity contribution in [2.45, 2.75) is 224 Å². The van der Waals surface area contributed by atoms with Crippen molar-refractivity contribution in [1.82, 2.24) is 69.0 Å². The number of hydrogen-bond acceptors (Lipinski definition) is 24. The number of halogens is 5. The molecule has 8 aromatic heterocycles. The number of piperidine rings is 2. The Hall–Kier alpha value is -11.4. The number of β-amino-alcohol motifs (C(OH)–C–C–N with tert-alkyl or cyclic N) is 1. The third kappa shape index (κ3) is 25.3. The Bertz CT molecular complexity index is 6000. The molecule has 4 aromatic carbocycles. The predicted octanol–water partition coefficient (Wildman–Crippen LogP) is 20.0. The molecule has 0 radical (unpaired) electrons. The maximum Gasteiger partial charge on any atom is 0.420 e. The topological polar surface area (TPSA) is 324 Å². The maximum atomic E-state index is 14.3. The molecule has 2 amide bonds. The van der Waals surface area contributed by atoms with Crippen molar-refractivity contribution in [3.05, 3.63) is 197 Å². The van der Waals surface area contributed by atoms with Gasteiger partial charge in [0, 0.05) is 123 Å². The lowest BCUT2D eigenvalue weighted by atomic mass is 9.87. The van der Waals surface area contributed by atoms with Crippen molar-refractivity contribution in [1.29, 1.82) is 0 Å². The molecule has 20 rings (SSSR count). The van der Waals surface area contributed by atoms with Gasteiger partial charge in [0.1, 0.15) is 57.1 Å². The molecule has 12 aromatic rings. The summed E-state index contributed by atoms with van der Waals surface area (Å²) in [6, 6.07) is 31.0. The molecule has 10 heterocycles. The van der Waals surface area contributed by atoms with Gasteiger partial charge in [-0.2, -0.15) is 53.4 Å². The highest BCUT2D eigenvalue weighted by atomic mass is 35.5. The van der Waals surface area contributed by atoms with Gasteiger partial charge in [0.2, 0.25) is 17.6 Å². The smallest absolute Gasteiger partial charge is 0.420 e. The van der Waals surface area contributed by atoms with Crippen molar-refractivity contribution in [2.75, 3.05) is 94.4 Å². The molecule has 8 aliphatic rings. The van der Waals surface area contributed by atoms with E-state index in [9.17, 15) is 32.3 Å². The first-order chi connectivity index (χ1) is 64.7. The first-order valence-corrected chi connectivity index (χ1v) is 47.1. The highest BCUT2D eigenvalue weighted by molar-refractivity contribution is 6.30. The molecule has 8 fully saturated rings. The van der Waals surface area contributed by atoms with Crippen LogP contribution in [0.2, 0.25) is 5.15 Å². The first kappa shape index (κ1) is 98.2. The zero-order valence-corrected chi connectivity index (χ0v) is 78.1. The standard InChI is InChI=1S/C28H35FN4O4.C22H26FN5O2.C21H24FN5O2.C20H20ClFN4O2.C8H16O2.CH4/c1-28(2,3)37-27(34)32(21-10-7-9-20(29)14-21)25-15-24(36-17-19-8-5-6-11-23(19)35-4)31-26-22(18-12-13-18)16-30-33(25)26;1-29-19-12-24-8-7-15(19)13-30-21-10-20(26-17-4-2-3-16(23)9-17)28-22(27-21)18(11-25-28)14-5-6-14;22-15-2-1-3-16(8-15)25-19-9-20(29-12-14-6-7-23-11-18(14)28)26-21-17(13-4-5-13)10-24-27(19)21;1-20(2,3)28-19(27)25(14-6-4-5-13(22)9-14)17-10-16(21)24-18-15(12-7-8-12)11-23-26(17)18;1-10-8-5-3-2-4-7(8)6-9;/h7,9-10,14-16,18-19,23H,5-6,8,11-13,17H2,1-4H3;2-4,9-11,14-15,19,24,26H,5-8,12-13H2,1H3;1-3,8-10,13-14,18,23,25,28H,4-7,11-12H2;4-6,9-12H,7-8H2,1-3H3;7-9H,2-6H2,1H3;1H4. The molecule has 0 spiro atoms. The van der Waals surface area contributed by atoms with Crippen LogP contribution in [-0.2, 0) is 23.7 Å². The number of benzene rings is 4. The van der Waals surface area contributed by atoms with Crippen molar-refractivity contribution >= 4 is 92.4 Å². The molecule has 6 saturated carbocycles. The summed E-state index contributed by atoms with van der Waals surface area (Å²) in [6.07, 6.45) is 26.0. The van der Waals surface area contributed by atoms with Crippen molar-refractivity contribution in [3.63, 3.8) is 0 Å². The lowest BCUT2D eigenvalue weighted by Crippen LogP contribution is -2.44. The van der Waals surface area contributed by atoms with Crippen LogP contribution in [0.4, 0.5) is 73.2 Å². The molecule has 2 saturated heterocycles. The highest BCUT2D eigenvalue weighted by Crippen LogP contribution is 2.47. The summed E-state index contributed by atoms with van der Waals surface area (Å²) in [5.74, 6) is 4.75. The Morgan fingerprint density at radius 1 is 0.444 bits per heavy atom. The Morgan fingerprint density at radius 2 is 0.807 bits per heavy atom. The van der Waals surface area contributed by atoms with Crippen LogP contribution >= 0.6 is 11.6 Å². The second kappa shape index (κ2) is 44.2. The van der Waals surface area contributed by atoms with Crippen LogP contribution in [0.15, 0.2) is 146 Å². The predicted molar refractivity (Wildman–Crippen MR) is 508 cm³/mol. The Kier molecular flexibility index (Phi) is 32.1. The van der Waals surface area contributed by atoms with Gasteiger partial charge < -0.3 is 69.4 Å². The molecular weight excluding hydrogens is 1760 g/mol. The average Bonchev–Trinajstić information content (AvgIpc) is 1.51. The van der Waals surface area contributed by atoms with Gasteiger partial charge in [0.15, 0.2) is 28.4 Å². The minimum atomic E-state index is -0.756. The van der Waals surface area contributed by atoms with Crippen LogP contribution in [0, 0.1) is 46.9 Å². The first-order valence-electron chi connectivity index (χ1n) is 46.7. The molecule has 135 heavy (non-hydrogen) atoms. The van der Waals surface area contributed by atoms with Crippen molar-refractivity contribution in [2.24, 2.45) is 23.7 Å². The maximum absolute atomic E-state index is 14.3. The van der Waals surface area contributed by atoms with E-state index in [0.29, 0.717) is 150 Å². The van der Waals surface area contributed by atoms with Crippen LogP contribution in [0.3, 0.4) is 0 Å². The van der Waals surface area contributed by atoms with Crippen LogP contribution in [0.5, 0.6) is 17.6 Å². The summed E-state index contributed by atoms with van der Waals surface area (Å²) in [5, 5.41) is 50.3. The number of aromatic nitrogens is 12. The van der Waals surface area contributed by atoms with Gasteiger partial charge in [0.05, 0.1) is 80.4 Å². The number of ether oxygens (including phenoxy) is 8. The van der Waals surface area contributed by atoms with Gasteiger partial charge in [-0.1, -0.05) is 69.0 Å². The van der Waals surface area contributed by atoms with Crippen LogP contribution in [0.1, 0.15) is 210 Å². The van der Waals surface area contributed by atoms with E-state index in [1.54, 1.807) is 142 Å². The van der Waals surface area contributed by atoms with Gasteiger partial charge in [0.25, 0.3) is 0 Å². The molecule has 8 atom stereocenters. The van der Waals surface area contributed by atoms with E-state index in [1.165, 1.54) is 83.3 Å². The number of anilines is 8. The molecule has 35 heteroatoms. The molecule has 6 N–H and O–H groups in total. The van der Waals surface area contributed by atoms with Crippen molar-refractivity contribution in [3.8, 4) is 17.6 Å². The monoisotopic (exact) mass is 1880 g/mol. The molecule has 0 bridgehead atoms. The fourth-order valence-corrected chi connectivity index (χ4v) is 17.7. The number of amides is 2. The van der Waals surface area contributed by atoms with E-state index < -0.39 is 41.1 Å². The van der Waals surface area contributed by atoms with Gasteiger partial charge in [-0.15, -0.1) is 0 Å². The number of carbonyl (C=O) groups excluding carboxylic acids is 2. The van der Waals surface area contributed by atoms with E-state index in [4.69, 9.17) is 69.6 Å². The van der Waals surface area contributed by atoms with E-state index in [2.05, 4.69) is 46.6 Å². The summed E-state index contributed by atoms with van der Waals surface area (Å²) in [6.45, 7) is 15.6. The van der Waals surface area contributed by atoms with Crippen LogP contribution in [0.25, 0.3) is 22.6 Å². The van der Waals surface area contributed by atoms with E-state index in [0.717, 1.165) is 156 Å². The number of hydrogen-bond donors (Lipinski definition) is 6. The third-order valence-electron chi connectivity index (χ3n) is 25.2. The van der Waals surface area contributed by atoms with Gasteiger partial charge in [-0.05, 0) is 241 Å². The summed E-state index contributed by atoms with van der Waals surface area (Å²) in [7, 11) is 5.22. The summed E-state index contributed by atoms with van der Waals surface area (Å²) < 4.78 is 108. The normalized spacial score (nSPS) is 20.6. The number of nitrogens with one attached hydrogen (secondary N) is 4. The van der Waals surface area contributed by atoms with Crippen molar-refractivity contribution < 1.29 is 75.3 Å². The van der Waals surface area contributed by atoms with Crippen LogP contribution in [-0.4, -0.2) is 190 Å². The molecule has 2 aliphatic heterocycles. The second-order valence-corrected chi connectivity index (χ2v) is 38.1. The number of rotatable bonds is 25. The fraction of sp³-hybridized carbons (Fsp3) is 0.500. The average molecular weight is 1880 g/mol. The van der Waals surface area contributed by atoms with Gasteiger partial charge in [-0.3, -0.25) is 0 Å². The summed E-state index contributed by atoms with van der Waals surface area (Å²) in [4.78, 5) is 47.8. The van der Waals surface area contributed by atoms with Gasteiger partial charge in [-0.25, -0.2) is 41.9 Å². The van der Waals surface area contributed by atoms with Crippen LogP contribution < -0.4 is 45.3 Å². The number of aliphatic hydroxyl groups excluding tert-OH is 2. The Balaban J connectivity index is 0.000000133. The zero-order valence-electron chi connectivity index (χ0n) is 77.3. The number of carbonyl (C=O) groups is 2. The Morgan fingerprint density at radius 3 is 1.21 bits per heavy atom. The summed E-state index contributed by atoms with van der Waals surface area (Å²) in [5.41, 5.74) is 7.45. The SMILES string of the molecule is C.CC(C)(C)OC(=O)N(c1cccc(F)c1)c1cc(Cl)nc2c(C3CC3)cnn12.COC1CCCCC1CO.COC1CCCCC1COc1cc(N(C(=O)OC(C)(C)C)c2cccc(F)c2)n2ncc(C3CC3)c2n1.COC1CNCCC1COc1cc(Nc2cccc(F)c2)n2ncc(C3CC3)c2n1.OC1CNCCC1COc1cc(Nc2cccc(F)c2)n2ncc(C3CC3)c2n1.